The van der Waals surface area contributed by atoms with E-state index in [-0.39, 0.29) is 13.5 Å². The SMILES string of the molecule is C.COC(=O)N1CCN(Cc2cnc[nH]2)c2ccccc21.[B]B([B])B(B([B])[B])B(B([B])[B])B(B(B([B])[B])B([B])[B])B(B([B])[B])B([B])[B].c1ccc2c(c1)NCCN2Cc1cnc[nH]1. The molecule has 3 N–H and O–H groups in total. The summed E-state index contributed by atoms with van der Waals surface area (Å²) in [6, 6.07) is 16.3. The molecule has 1 amide bonds. The van der Waals surface area contributed by atoms with Crippen molar-refractivity contribution in [2.24, 2.45) is 0 Å². The van der Waals surface area contributed by atoms with E-state index in [1.165, 1.54) is 18.5 Å². The van der Waals surface area contributed by atoms with Gasteiger partial charge in [-0.3, -0.25) is 4.90 Å². The van der Waals surface area contributed by atoms with Crippen LogP contribution in [-0.2, 0) is 17.8 Å². The molecule has 0 spiro atoms. The second kappa shape index (κ2) is 26.4. The van der Waals surface area contributed by atoms with Gasteiger partial charge in [0.15, 0.2) is 0 Å². The third-order valence-corrected chi connectivity index (χ3v) is 11.2. The maximum Gasteiger partial charge on any atom is 0.414 e. The van der Waals surface area contributed by atoms with Gasteiger partial charge in [0.05, 0.1) is 67.0 Å². The highest BCUT2D eigenvalue weighted by atomic mass is 16.5. The number of para-hydroxylation sites is 4. The van der Waals surface area contributed by atoms with E-state index in [1.807, 2.05) is 36.7 Å². The Balaban J connectivity index is 0.000000255. The summed E-state index contributed by atoms with van der Waals surface area (Å²) >= 11 is 0. The number of ether oxygens (including phenoxy) is 1. The lowest BCUT2D eigenvalue weighted by Crippen LogP contribution is -2.86. The number of imidazole rings is 2. The van der Waals surface area contributed by atoms with Gasteiger partial charge in [-0.25, -0.2) is 14.8 Å². The van der Waals surface area contributed by atoms with Crippen LogP contribution in [0.2, 0.25) is 0 Å². The number of hydrogen-bond acceptors (Lipinski definition) is 7. The molecule has 0 saturated carbocycles. The summed E-state index contributed by atoms with van der Waals surface area (Å²) in [4.78, 5) is 32.4. The Kier molecular flexibility index (Phi) is 22.8. The highest BCUT2D eigenvalue weighted by molar-refractivity contribution is 8.25. The Labute approximate surface area is 399 Å². The highest BCUT2D eigenvalue weighted by Gasteiger charge is 2.49. The molecule has 63 heavy (non-hydrogen) atoms. The number of anilines is 4. The average Bonchev–Trinajstić information content (AvgIpc) is 3.94. The number of nitrogens with zero attached hydrogens (tertiary/aromatic N) is 5. The molecule has 4 aromatic rings. The molecule has 2 aromatic heterocycles. The van der Waals surface area contributed by atoms with Crippen molar-refractivity contribution in [2.45, 2.75) is 20.5 Å². The van der Waals surface area contributed by atoms with Crippen molar-refractivity contribution in [2.75, 3.05) is 53.3 Å². The lowest BCUT2D eigenvalue weighted by molar-refractivity contribution is 0.178. The molecule has 6 rings (SSSR count). The monoisotopic (exact) mass is 789 g/mol. The lowest BCUT2D eigenvalue weighted by atomic mass is 8.34. The van der Waals surface area contributed by atoms with Crippen molar-refractivity contribution in [1.29, 1.82) is 0 Å². The van der Waals surface area contributed by atoms with Gasteiger partial charge in [0, 0.05) is 224 Å². The van der Waals surface area contributed by atoms with Crippen molar-refractivity contribution in [3.05, 3.63) is 85.0 Å². The fourth-order valence-electron chi connectivity index (χ4n) is 8.40. The molecule has 36 heteroatoms. The topological polar surface area (TPSA) is 105 Å². The van der Waals surface area contributed by atoms with Crippen LogP contribution in [0.15, 0.2) is 73.6 Å². The molecule has 4 heterocycles. The van der Waals surface area contributed by atoms with Crippen molar-refractivity contribution in [3.8, 4) is 0 Å². The molecule has 0 unspecified atom stereocenters. The maximum absolute atomic E-state index is 11.8. The Morgan fingerprint density at radius 2 is 0.984 bits per heavy atom. The Morgan fingerprint density at radius 1 is 0.571 bits per heavy atom. The number of H-pyrrole nitrogens is 2. The van der Waals surface area contributed by atoms with Gasteiger partial charge < -0.3 is 29.8 Å². The van der Waals surface area contributed by atoms with E-state index in [0.717, 1.165) is 55.5 Å². The number of fused-ring (bicyclic) bond motifs is 2. The van der Waals surface area contributed by atoms with Crippen LogP contribution in [0.3, 0.4) is 0 Å². The molecule has 28 radical (unpaired) electrons. The number of nitrogens with one attached hydrogen (secondary N) is 3. The number of carbonyl (C=O) groups excluding carboxylic acids is 1. The van der Waals surface area contributed by atoms with E-state index in [0.29, 0.717) is 6.54 Å². The normalized spacial score (nSPS) is 12.0. The number of aromatic nitrogens is 4. The molecule has 10 nitrogen and oxygen atoms in total. The fraction of sp³-hybridized carbons (Fsp3) is 0.296. The number of benzene rings is 2. The van der Waals surface area contributed by atoms with E-state index < -0.39 is 76.6 Å². The van der Waals surface area contributed by atoms with E-state index in [4.69, 9.17) is 113 Å². The predicted molar refractivity (Wildman–Crippen MR) is 297 cm³/mol. The van der Waals surface area contributed by atoms with Crippen LogP contribution < -0.4 is 20.0 Å². The van der Waals surface area contributed by atoms with Crippen molar-refractivity contribution in [3.63, 3.8) is 0 Å². The van der Waals surface area contributed by atoms with Gasteiger partial charge in [0.25, 0.3) is 0 Å². The highest BCUT2D eigenvalue weighted by Crippen LogP contribution is 2.34. The summed E-state index contributed by atoms with van der Waals surface area (Å²) in [6.07, 6.45) is -4.09. The van der Waals surface area contributed by atoms with Crippen LogP contribution in [0.1, 0.15) is 18.8 Å². The first-order chi connectivity index (χ1) is 29.5. The molecule has 2 aromatic carbocycles. The minimum absolute atomic E-state index is 0. The van der Waals surface area contributed by atoms with E-state index >= 15 is 0 Å². The van der Waals surface area contributed by atoms with E-state index in [1.54, 1.807) is 17.6 Å². The van der Waals surface area contributed by atoms with E-state index in [2.05, 4.69) is 59.3 Å². The van der Waals surface area contributed by atoms with Gasteiger partial charge in [-0.1, -0.05) is 31.7 Å². The molecule has 0 aliphatic carbocycles. The largest absolute Gasteiger partial charge is 0.452 e. The molecule has 0 fully saturated rings. The molecule has 272 valence electrons. The first kappa shape index (κ1) is 54.6. The molecular weight excluding hydrogens is 749 g/mol. The van der Waals surface area contributed by atoms with Crippen LogP contribution in [0.25, 0.3) is 0 Å². The molecule has 2 aliphatic rings. The summed E-state index contributed by atoms with van der Waals surface area (Å²) in [7, 11) is 84.3. The Hall–Kier alpha value is -2.78. The molecule has 0 atom stereocenters. The Bertz CT molecular complexity index is 1860. The van der Waals surface area contributed by atoms with Crippen LogP contribution >= 0.6 is 0 Å². The number of carbonyl (C=O) groups is 1. The maximum atomic E-state index is 11.8. The Morgan fingerprint density at radius 3 is 1.41 bits per heavy atom. The first-order valence-corrected chi connectivity index (χ1v) is 20.3. The second-order valence-corrected chi connectivity index (χ2v) is 15.5. The van der Waals surface area contributed by atoms with Gasteiger partial charge in [-0.15, -0.1) is 0 Å². The zero-order valence-corrected chi connectivity index (χ0v) is 35.2. The van der Waals surface area contributed by atoms with Gasteiger partial charge in [-0.05, 0) is 24.3 Å². The third-order valence-electron chi connectivity index (χ3n) is 11.2. The van der Waals surface area contributed by atoms with Crippen LogP contribution in [-0.4, -0.2) is 244 Å². The number of rotatable bonds is 15. The van der Waals surface area contributed by atoms with Gasteiger partial charge in [0.2, 0.25) is 0 Å². The van der Waals surface area contributed by atoms with Crippen LogP contribution in [0.5, 0.6) is 0 Å². The number of amides is 1. The van der Waals surface area contributed by atoms with Gasteiger partial charge in [0.1, 0.15) is 0 Å². The zero-order valence-electron chi connectivity index (χ0n) is 35.2. The predicted octanol–water partition coefficient (Wildman–Crippen LogP) is -5.42. The van der Waals surface area contributed by atoms with Gasteiger partial charge in [-0.2, -0.15) is 0 Å². The number of hydrogen-bond donors (Lipinski definition) is 3. The van der Waals surface area contributed by atoms with Crippen molar-refractivity contribution in [1.82, 2.24) is 19.9 Å². The summed E-state index contributed by atoms with van der Waals surface area (Å²) in [5.74, 6) is 0. The lowest BCUT2D eigenvalue weighted by Gasteiger charge is -2.48. The summed E-state index contributed by atoms with van der Waals surface area (Å²) in [6.45, 7) is 5.01. The first-order valence-electron chi connectivity index (χ1n) is 20.3. The molecular formula is C27H34B26N8O2. The quantitative estimate of drug-likeness (QED) is 0.104. The van der Waals surface area contributed by atoms with E-state index in [9.17, 15) is 4.79 Å². The standard InChI is InChI=1S/C14H16N4O2.C12H14N4.CH4.B26/c1-20-14(19)18-7-6-17(9-11-8-15-10-16-11)12-4-2-3-5-13(12)18;1-2-4-12-11(3-1)14-5-6-16(12)8-10-7-13-9-15-10;;1-15(2)22(16(3)4)25(21(13)14)26(23(17(5)6)18(7)8)24(19(9)10)20(11)12/h2-5,8,10H,6-7,9H2,1H3,(H,15,16);1-4,7,9,14H,5-6,8H2,(H,13,15);1H4;. The summed E-state index contributed by atoms with van der Waals surface area (Å²) < 4.78 is 4.84. The fourth-order valence-corrected chi connectivity index (χ4v) is 8.40. The van der Waals surface area contributed by atoms with Crippen LogP contribution in [0.4, 0.5) is 27.5 Å². The summed E-state index contributed by atoms with van der Waals surface area (Å²) in [5.41, 5.74) is 6.59. The molecule has 0 saturated heterocycles. The number of methoxy groups -OCH3 is 1. The van der Waals surface area contributed by atoms with Crippen molar-refractivity contribution >= 4 is 214 Å². The third kappa shape index (κ3) is 14.9. The average molecular weight is 784 g/mol. The van der Waals surface area contributed by atoms with Crippen LogP contribution in [0, 0.1) is 0 Å². The number of aromatic amines is 2. The summed E-state index contributed by atoms with van der Waals surface area (Å²) in [5, 5.41) is 3.40. The smallest absolute Gasteiger partial charge is 0.414 e. The van der Waals surface area contributed by atoms with Gasteiger partial charge >= 0.3 is 6.09 Å². The minimum Gasteiger partial charge on any atom is -0.452 e. The molecule has 0 bridgehead atoms. The zero-order chi connectivity index (χ0) is 45.7. The van der Waals surface area contributed by atoms with Crippen molar-refractivity contribution < 1.29 is 9.53 Å². The minimum atomic E-state index is -1.02. The molecule has 2 aliphatic heterocycles. The second-order valence-electron chi connectivity index (χ2n) is 15.5.